The fourth-order valence-electron chi connectivity index (χ4n) is 2.44. The van der Waals surface area contributed by atoms with Crippen LogP contribution in [0, 0.1) is 5.92 Å². The van der Waals surface area contributed by atoms with Gasteiger partial charge in [0, 0.05) is 6.54 Å². The predicted molar refractivity (Wildman–Crippen MR) is 106 cm³/mol. The number of carbonyl (C=O) groups is 1. The Kier molecular flexibility index (Phi) is 7.21. The minimum Gasteiger partial charge on any atom is -0.352 e. The van der Waals surface area contributed by atoms with Crippen molar-refractivity contribution in [3.8, 4) is 0 Å². The molecule has 0 bridgehead atoms. The Labute approximate surface area is 155 Å². The minimum absolute atomic E-state index is 0.0363. The third kappa shape index (κ3) is 6.52. The minimum atomic E-state index is -3.48. The lowest BCUT2D eigenvalue weighted by Crippen LogP contribution is -2.27. The number of para-hydroxylation sites is 1. The van der Waals surface area contributed by atoms with Crippen LogP contribution in [-0.4, -0.2) is 26.6 Å². The normalized spacial score (nSPS) is 11.3. The van der Waals surface area contributed by atoms with E-state index in [1.165, 1.54) is 0 Å². The van der Waals surface area contributed by atoms with E-state index in [1.54, 1.807) is 24.3 Å². The molecule has 0 aliphatic rings. The van der Waals surface area contributed by atoms with Crippen molar-refractivity contribution in [2.24, 2.45) is 5.92 Å². The molecule has 0 aromatic heterocycles. The van der Waals surface area contributed by atoms with Crippen LogP contribution in [-0.2, 0) is 16.4 Å². The molecule has 0 aliphatic carbocycles. The third-order valence-electron chi connectivity index (χ3n) is 3.94. The van der Waals surface area contributed by atoms with E-state index < -0.39 is 10.0 Å². The summed E-state index contributed by atoms with van der Waals surface area (Å²) in [4.78, 5) is 12.5. The van der Waals surface area contributed by atoms with Gasteiger partial charge in [-0.1, -0.05) is 56.3 Å². The van der Waals surface area contributed by atoms with Gasteiger partial charge in [-0.25, -0.2) is 8.42 Å². The predicted octanol–water partition coefficient (Wildman–Crippen LogP) is 3.45. The van der Waals surface area contributed by atoms with Gasteiger partial charge in [0.15, 0.2) is 0 Å². The van der Waals surface area contributed by atoms with Gasteiger partial charge in [-0.05, 0) is 36.5 Å². The maximum atomic E-state index is 12.5. The first-order chi connectivity index (χ1) is 12.4. The van der Waals surface area contributed by atoms with E-state index >= 15 is 0 Å². The molecule has 0 unspecified atom stereocenters. The number of anilines is 1. The van der Waals surface area contributed by atoms with Gasteiger partial charge < -0.3 is 5.32 Å². The molecule has 2 rings (SSSR count). The number of carbonyl (C=O) groups excluding carboxylic acids is 1. The highest BCUT2D eigenvalue weighted by molar-refractivity contribution is 7.92. The van der Waals surface area contributed by atoms with Crippen LogP contribution in [0.3, 0.4) is 0 Å². The molecular weight excluding hydrogens is 348 g/mol. The number of nitrogens with one attached hydrogen (secondary N) is 2. The van der Waals surface area contributed by atoms with Gasteiger partial charge >= 0.3 is 0 Å². The molecular formula is C20H26N2O3S. The highest BCUT2D eigenvalue weighted by atomic mass is 32.2. The molecule has 5 nitrogen and oxygen atoms in total. The average Bonchev–Trinajstić information content (AvgIpc) is 2.61. The second-order valence-corrected chi connectivity index (χ2v) is 8.48. The number of amides is 1. The summed E-state index contributed by atoms with van der Waals surface area (Å²) in [5, 5.41) is 2.85. The SMILES string of the molecule is CC(C)CCS(=O)(=O)Nc1ccccc1C(=O)NCCc1ccccc1. The number of rotatable bonds is 9. The zero-order valence-electron chi connectivity index (χ0n) is 15.2. The van der Waals surface area contributed by atoms with Crippen LogP contribution >= 0.6 is 0 Å². The second-order valence-electron chi connectivity index (χ2n) is 6.64. The number of hydrogen-bond donors (Lipinski definition) is 2. The molecule has 140 valence electrons. The molecule has 0 spiro atoms. The Morgan fingerprint density at radius 3 is 2.35 bits per heavy atom. The first kappa shape index (κ1) is 20.0. The van der Waals surface area contributed by atoms with E-state index in [2.05, 4.69) is 10.0 Å². The molecule has 2 aromatic carbocycles. The summed E-state index contributed by atoms with van der Waals surface area (Å²) in [6.07, 6.45) is 1.29. The van der Waals surface area contributed by atoms with Crippen LogP contribution < -0.4 is 10.0 Å². The largest absolute Gasteiger partial charge is 0.352 e. The zero-order valence-corrected chi connectivity index (χ0v) is 16.1. The van der Waals surface area contributed by atoms with Crippen molar-refractivity contribution < 1.29 is 13.2 Å². The van der Waals surface area contributed by atoms with E-state index in [9.17, 15) is 13.2 Å². The van der Waals surface area contributed by atoms with Crippen molar-refractivity contribution in [2.75, 3.05) is 17.0 Å². The van der Waals surface area contributed by atoms with Crippen molar-refractivity contribution in [1.82, 2.24) is 5.32 Å². The van der Waals surface area contributed by atoms with Crippen molar-refractivity contribution in [3.63, 3.8) is 0 Å². The molecule has 26 heavy (non-hydrogen) atoms. The summed E-state index contributed by atoms with van der Waals surface area (Å²) in [5.41, 5.74) is 1.78. The van der Waals surface area contributed by atoms with E-state index in [0.717, 1.165) is 12.0 Å². The summed E-state index contributed by atoms with van der Waals surface area (Å²) in [6, 6.07) is 16.5. The highest BCUT2D eigenvalue weighted by Crippen LogP contribution is 2.17. The van der Waals surface area contributed by atoms with Crippen molar-refractivity contribution in [1.29, 1.82) is 0 Å². The Morgan fingerprint density at radius 2 is 1.65 bits per heavy atom. The Bertz CT molecular complexity index is 818. The maximum Gasteiger partial charge on any atom is 0.253 e. The summed E-state index contributed by atoms with van der Waals surface area (Å²) >= 11 is 0. The summed E-state index contributed by atoms with van der Waals surface area (Å²) < 4.78 is 27.0. The Morgan fingerprint density at radius 1 is 1.00 bits per heavy atom. The molecule has 0 heterocycles. The highest BCUT2D eigenvalue weighted by Gasteiger charge is 2.16. The molecule has 2 N–H and O–H groups in total. The maximum absolute atomic E-state index is 12.5. The Hall–Kier alpha value is -2.34. The van der Waals surface area contributed by atoms with Crippen LogP contribution in [0.2, 0.25) is 0 Å². The lowest BCUT2D eigenvalue weighted by molar-refractivity contribution is 0.0955. The first-order valence-corrected chi connectivity index (χ1v) is 10.4. The summed E-state index contributed by atoms with van der Waals surface area (Å²) in [5.74, 6) is 0.0421. The van der Waals surface area contributed by atoms with Crippen LogP contribution in [0.1, 0.15) is 36.2 Å². The van der Waals surface area contributed by atoms with Crippen molar-refractivity contribution in [2.45, 2.75) is 26.7 Å². The molecule has 2 aromatic rings. The zero-order chi connectivity index (χ0) is 19.0. The number of benzene rings is 2. The van der Waals surface area contributed by atoms with Crippen LogP contribution in [0.4, 0.5) is 5.69 Å². The first-order valence-electron chi connectivity index (χ1n) is 8.79. The van der Waals surface area contributed by atoms with E-state index in [4.69, 9.17) is 0 Å². The number of hydrogen-bond acceptors (Lipinski definition) is 3. The average molecular weight is 375 g/mol. The fourth-order valence-corrected chi connectivity index (χ4v) is 3.84. The van der Waals surface area contributed by atoms with E-state index in [1.807, 2.05) is 44.2 Å². The second kappa shape index (κ2) is 9.38. The molecule has 6 heteroatoms. The van der Waals surface area contributed by atoms with Crippen molar-refractivity contribution in [3.05, 3.63) is 65.7 Å². The fraction of sp³-hybridized carbons (Fsp3) is 0.350. The van der Waals surface area contributed by atoms with Gasteiger partial charge in [-0.15, -0.1) is 0 Å². The summed E-state index contributed by atoms with van der Waals surface area (Å²) in [6.45, 7) is 4.44. The van der Waals surface area contributed by atoms with E-state index in [0.29, 0.717) is 30.1 Å². The molecule has 0 fully saturated rings. The summed E-state index contributed by atoms with van der Waals surface area (Å²) in [7, 11) is -3.48. The van der Waals surface area contributed by atoms with Crippen LogP contribution in [0.5, 0.6) is 0 Å². The van der Waals surface area contributed by atoms with Crippen LogP contribution in [0.15, 0.2) is 54.6 Å². The third-order valence-corrected chi connectivity index (χ3v) is 5.25. The van der Waals surface area contributed by atoms with Crippen molar-refractivity contribution >= 4 is 21.6 Å². The van der Waals surface area contributed by atoms with Gasteiger partial charge in [0.2, 0.25) is 10.0 Å². The molecule has 0 saturated heterocycles. The Balaban J connectivity index is 1.99. The van der Waals surface area contributed by atoms with E-state index in [-0.39, 0.29) is 11.7 Å². The molecule has 0 aliphatic heterocycles. The smallest absolute Gasteiger partial charge is 0.253 e. The topological polar surface area (TPSA) is 75.3 Å². The van der Waals surface area contributed by atoms with Gasteiger partial charge in [0.1, 0.15) is 0 Å². The molecule has 0 saturated carbocycles. The lowest BCUT2D eigenvalue weighted by Gasteiger charge is -2.13. The van der Waals surface area contributed by atoms with Gasteiger partial charge in [0.05, 0.1) is 17.0 Å². The standard InChI is InChI=1S/C20H26N2O3S/c1-16(2)13-15-26(24,25)22-19-11-7-6-10-18(19)20(23)21-14-12-17-8-4-3-5-9-17/h3-11,16,22H,12-15H2,1-2H3,(H,21,23). The van der Waals surface area contributed by atoms with Gasteiger partial charge in [-0.3, -0.25) is 9.52 Å². The molecule has 0 radical (unpaired) electrons. The quantitative estimate of drug-likeness (QED) is 0.706. The lowest BCUT2D eigenvalue weighted by atomic mass is 10.1. The number of sulfonamides is 1. The molecule has 0 atom stereocenters. The van der Waals surface area contributed by atoms with Gasteiger partial charge in [0.25, 0.3) is 5.91 Å². The van der Waals surface area contributed by atoms with Gasteiger partial charge in [-0.2, -0.15) is 0 Å². The van der Waals surface area contributed by atoms with Crippen LogP contribution in [0.25, 0.3) is 0 Å². The monoisotopic (exact) mass is 374 g/mol. The molecule has 1 amide bonds.